The Morgan fingerprint density at radius 3 is 2.76 bits per heavy atom. The summed E-state index contributed by atoms with van der Waals surface area (Å²) < 4.78 is 13.0. The lowest BCUT2D eigenvalue weighted by atomic mass is 9.93. The van der Waals surface area contributed by atoms with Crippen molar-refractivity contribution in [3.63, 3.8) is 0 Å². The van der Waals surface area contributed by atoms with E-state index in [4.69, 9.17) is 0 Å². The molecule has 0 aliphatic carbocycles. The molecule has 3 rings (SSSR count). The maximum absolute atomic E-state index is 13.0. The van der Waals surface area contributed by atoms with E-state index in [9.17, 15) is 9.18 Å². The lowest BCUT2D eigenvalue weighted by Gasteiger charge is -2.26. The quantitative estimate of drug-likeness (QED) is 0.653. The van der Waals surface area contributed by atoms with Crippen molar-refractivity contribution in [2.75, 3.05) is 19.6 Å². The molecule has 1 aromatic rings. The first kappa shape index (κ1) is 14.4. The number of amides is 1. The molecule has 1 aromatic carbocycles. The Bertz CT molecular complexity index is 487. The molecule has 4 N–H and O–H groups in total. The number of carbonyl (C=O) groups excluding carboxylic acids is 1. The zero-order valence-corrected chi connectivity index (χ0v) is 11.9. The van der Waals surface area contributed by atoms with Crippen molar-refractivity contribution in [2.45, 2.75) is 24.9 Å². The summed E-state index contributed by atoms with van der Waals surface area (Å²) in [5, 5.41) is 6.41. The van der Waals surface area contributed by atoms with Gasteiger partial charge in [-0.1, -0.05) is 12.1 Å². The number of hydrazine groups is 1. The average molecular weight is 292 g/mol. The molecule has 0 spiro atoms. The van der Waals surface area contributed by atoms with E-state index < -0.39 is 0 Å². The van der Waals surface area contributed by atoms with Gasteiger partial charge in [0.05, 0.1) is 12.0 Å². The van der Waals surface area contributed by atoms with Gasteiger partial charge in [0, 0.05) is 19.1 Å². The van der Waals surface area contributed by atoms with E-state index in [-0.39, 0.29) is 29.7 Å². The summed E-state index contributed by atoms with van der Waals surface area (Å²) in [4.78, 5) is 12.5. The van der Waals surface area contributed by atoms with Gasteiger partial charge >= 0.3 is 0 Å². The summed E-state index contributed by atoms with van der Waals surface area (Å²) >= 11 is 0. The minimum Gasteiger partial charge on any atom is -0.352 e. The highest BCUT2D eigenvalue weighted by atomic mass is 19.1. The van der Waals surface area contributed by atoms with E-state index in [1.165, 1.54) is 12.1 Å². The monoisotopic (exact) mass is 292 g/mol. The van der Waals surface area contributed by atoms with Crippen molar-refractivity contribution in [1.29, 1.82) is 0 Å². The summed E-state index contributed by atoms with van der Waals surface area (Å²) in [6.07, 6.45) is 2.11. The normalized spacial score (nSPS) is 29.3. The highest BCUT2D eigenvalue weighted by Gasteiger charge is 2.34. The van der Waals surface area contributed by atoms with Gasteiger partial charge in [-0.25, -0.2) is 9.82 Å². The van der Waals surface area contributed by atoms with Crippen molar-refractivity contribution in [1.82, 2.24) is 21.5 Å². The van der Waals surface area contributed by atoms with Gasteiger partial charge in [-0.3, -0.25) is 10.2 Å². The fourth-order valence-corrected chi connectivity index (χ4v) is 3.01. The predicted octanol–water partition coefficient (Wildman–Crippen LogP) is 0.459. The molecule has 21 heavy (non-hydrogen) atoms. The molecule has 0 saturated carbocycles. The minimum absolute atomic E-state index is 0.0514. The molecule has 5 nitrogen and oxygen atoms in total. The summed E-state index contributed by atoms with van der Waals surface area (Å²) in [5.74, 6) is -0.396. The first-order valence-electron chi connectivity index (χ1n) is 7.49. The number of piperidine rings is 1. The Labute approximate surface area is 123 Å². The maximum atomic E-state index is 13.0. The van der Waals surface area contributed by atoms with E-state index in [0.717, 1.165) is 31.5 Å². The third kappa shape index (κ3) is 3.40. The lowest BCUT2D eigenvalue weighted by molar-refractivity contribution is -0.125. The van der Waals surface area contributed by atoms with Crippen LogP contribution in [0.2, 0.25) is 0 Å². The Balaban J connectivity index is 1.65. The topological polar surface area (TPSA) is 65.2 Å². The van der Waals surface area contributed by atoms with Crippen LogP contribution in [0.3, 0.4) is 0 Å². The molecule has 2 fully saturated rings. The van der Waals surface area contributed by atoms with Crippen LogP contribution >= 0.6 is 0 Å². The van der Waals surface area contributed by atoms with Gasteiger partial charge in [0.2, 0.25) is 5.91 Å². The van der Waals surface area contributed by atoms with Crippen LogP contribution in [0.15, 0.2) is 24.3 Å². The third-order valence-electron chi connectivity index (χ3n) is 4.19. The summed E-state index contributed by atoms with van der Waals surface area (Å²) in [7, 11) is 0. The molecule has 0 radical (unpaired) electrons. The Morgan fingerprint density at radius 2 is 2.05 bits per heavy atom. The second kappa shape index (κ2) is 6.51. The zero-order chi connectivity index (χ0) is 14.7. The number of halogens is 1. The van der Waals surface area contributed by atoms with Crippen molar-refractivity contribution < 1.29 is 9.18 Å². The Kier molecular flexibility index (Phi) is 4.48. The van der Waals surface area contributed by atoms with Gasteiger partial charge in [-0.05, 0) is 37.1 Å². The summed E-state index contributed by atoms with van der Waals surface area (Å²) in [6.45, 7) is 2.44. The van der Waals surface area contributed by atoms with Crippen molar-refractivity contribution in [3.8, 4) is 0 Å². The SMILES string of the molecule is O=C(NC1CCCNC1)C1CNNC1c1ccc(F)cc1. The fraction of sp³-hybridized carbons (Fsp3) is 0.533. The number of hydrogen-bond acceptors (Lipinski definition) is 4. The number of rotatable bonds is 3. The molecule has 3 atom stereocenters. The first-order chi connectivity index (χ1) is 10.2. The largest absolute Gasteiger partial charge is 0.352 e. The van der Waals surface area contributed by atoms with Crippen LogP contribution in [0.5, 0.6) is 0 Å². The van der Waals surface area contributed by atoms with Gasteiger partial charge in [-0.15, -0.1) is 0 Å². The molecular formula is C15H21FN4O. The van der Waals surface area contributed by atoms with E-state index in [1.54, 1.807) is 12.1 Å². The van der Waals surface area contributed by atoms with Crippen LogP contribution in [-0.2, 0) is 4.79 Å². The lowest BCUT2D eigenvalue weighted by Crippen LogP contribution is -2.48. The molecule has 2 aliphatic heterocycles. The standard InChI is InChI=1S/C15H21FN4O/c16-11-5-3-10(4-6-11)14-13(9-18-20-14)15(21)19-12-2-1-7-17-8-12/h3-6,12-14,17-18,20H,1-2,7-9H2,(H,19,21). The molecule has 3 unspecified atom stereocenters. The number of carbonyl (C=O) groups is 1. The first-order valence-corrected chi connectivity index (χ1v) is 7.49. The molecule has 0 aromatic heterocycles. The second-order valence-corrected chi connectivity index (χ2v) is 5.71. The van der Waals surface area contributed by atoms with E-state index >= 15 is 0 Å². The molecule has 2 aliphatic rings. The predicted molar refractivity (Wildman–Crippen MR) is 77.8 cm³/mol. The highest BCUT2D eigenvalue weighted by molar-refractivity contribution is 5.80. The third-order valence-corrected chi connectivity index (χ3v) is 4.19. The van der Waals surface area contributed by atoms with Gasteiger partial charge in [-0.2, -0.15) is 0 Å². The van der Waals surface area contributed by atoms with Crippen molar-refractivity contribution >= 4 is 5.91 Å². The van der Waals surface area contributed by atoms with E-state index in [2.05, 4.69) is 21.5 Å². The fourth-order valence-electron chi connectivity index (χ4n) is 3.01. The Morgan fingerprint density at radius 1 is 1.24 bits per heavy atom. The second-order valence-electron chi connectivity index (χ2n) is 5.71. The van der Waals surface area contributed by atoms with E-state index in [1.807, 2.05) is 0 Å². The molecule has 0 bridgehead atoms. The number of benzene rings is 1. The zero-order valence-electron chi connectivity index (χ0n) is 11.9. The van der Waals surface area contributed by atoms with E-state index in [0.29, 0.717) is 6.54 Å². The van der Waals surface area contributed by atoms with Crippen LogP contribution in [0.1, 0.15) is 24.4 Å². The minimum atomic E-state index is -0.265. The van der Waals surface area contributed by atoms with Crippen LogP contribution in [0.4, 0.5) is 4.39 Å². The van der Waals surface area contributed by atoms with Crippen LogP contribution < -0.4 is 21.5 Å². The van der Waals surface area contributed by atoms with Crippen LogP contribution in [-0.4, -0.2) is 31.6 Å². The number of hydrogen-bond donors (Lipinski definition) is 4. The smallest absolute Gasteiger partial charge is 0.226 e. The highest BCUT2D eigenvalue weighted by Crippen LogP contribution is 2.25. The average Bonchev–Trinajstić information content (AvgIpc) is 2.98. The van der Waals surface area contributed by atoms with Crippen LogP contribution in [0, 0.1) is 11.7 Å². The van der Waals surface area contributed by atoms with Crippen LogP contribution in [0.25, 0.3) is 0 Å². The van der Waals surface area contributed by atoms with Gasteiger partial charge in [0.1, 0.15) is 5.82 Å². The molecule has 6 heteroatoms. The molecule has 1 amide bonds. The molecular weight excluding hydrogens is 271 g/mol. The van der Waals surface area contributed by atoms with Crippen molar-refractivity contribution in [3.05, 3.63) is 35.6 Å². The summed E-state index contributed by atoms with van der Waals surface area (Å²) in [5.41, 5.74) is 7.06. The van der Waals surface area contributed by atoms with Crippen molar-refractivity contribution in [2.24, 2.45) is 5.92 Å². The van der Waals surface area contributed by atoms with Gasteiger partial charge in [0.25, 0.3) is 0 Å². The molecule has 2 heterocycles. The summed E-state index contributed by atoms with van der Waals surface area (Å²) in [6, 6.07) is 6.39. The number of nitrogens with one attached hydrogen (secondary N) is 4. The van der Waals surface area contributed by atoms with Gasteiger partial charge < -0.3 is 10.6 Å². The molecule has 2 saturated heterocycles. The van der Waals surface area contributed by atoms with Gasteiger partial charge in [0.15, 0.2) is 0 Å². The molecule has 114 valence electrons. The Hall–Kier alpha value is -1.50. The maximum Gasteiger partial charge on any atom is 0.226 e.